The Morgan fingerprint density at radius 1 is 1.25 bits per heavy atom. The normalized spacial score (nSPS) is 24.2. The van der Waals surface area contributed by atoms with E-state index in [1.165, 1.54) is 12.1 Å². The Morgan fingerprint density at radius 2 is 2.04 bits per heavy atom. The SMILES string of the molecule is O=C(O)c1ccc(Cl)c2c1[C@@H]1C=CC[C@@H]1[C@@H](c1ccccc1F)N2. The van der Waals surface area contributed by atoms with Crippen molar-refractivity contribution < 1.29 is 14.3 Å². The Hall–Kier alpha value is -2.33. The number of carbonyl (C=O) groups is 1. The minimum absolute atomic E-state index is 0.0611. The van der Waals surface area contributed by atoms with E-state index < -0.39 is 5.97 Å². The first kappa shape index (κ1) is 15.2. The Balaban J connectivity index is 1.90. The Bertz CT molecular complexity index is 864. The van der Waals surface area contributed by atoms with Gasteiger partial charge in [0.2, 0.25) is 0 Å². The number of aromatic carboxylic acids is 1. The summed E-state index contributed by atoms with van der Waals surface area (Å²) in [5.41, 5.74) is 2.12. The quantitative estimate of drug-likeness (QED) is 0.754. The number of carboxylic acid groups (broad SMARTS) is 1. The second-order valence-corrected chi connectivity index (χ2v) is 6.59. The molecular weight excluding hydrogens is 329 g/mol. The third-order valence-electron chi connectivity index (χ3n) is 4.94. The monoisotopic (exact) mass is 343 g/mol. The highest BCUT2D eigenvalue weighted by molar-refractivity contribution is 6.33. The number of anilines is 1. The molecule has 2 aliphatic rings. The Kier molecular flexibility index (Phi) is 3.57. The lowest BCUT2D eigenvalue weighted by molar-refractivity contribution is 0.0695. The van der Waals surface area contributed by atoms with Gasteiger partial charge in [0, 0.05) is 11.5 Å². The number of halogens is 2. The minimum Gasteiger partial charge on any atom is -0.478 e. The summed E-state index contributed by atoms with van der Waals surface area (Å²) in [5, 5.41) is 13.3. The summed E-state index contributed by atoms with van der Waals surface area (Å²) in [6.45, 7) is 0. The fourth-order valence-corrected chi connectivity index (χ4v) is 4.12. The number of hydrogen-bond acceptors (Lipinski definition) is 2. The molecule has 0 unspecified atom stereocenters. The topological polar surface area (TPSA) is 49.3 Å². The summed E-state index contributed by atoms with van der Waals surface area (Å²) < 4.78 is 14.3. The second kappa shape index (κ2) is 5.64. The van der Waals surface area contributed by atoms with Gasteiger partial charge in [-0.25, -0.2) is 9.18 Å². The van der Waals surface area contributed by atoms with Crippen LogP contribution in [0, 0.1) is 11.7 Å². The molecule has 1 aliphatic heterocycles. The van der Waals surface area contributed by atoms with Crippen LogP contribution in [0.4, 0.5) is 10.1 Å². The molecule has 1 aliphatic carbocycles. The molecule has 0 saturated heterocycles. The van der Waals surface area contributed by atoms with Crippen LogP contribution in [-0.4, -0.2) is 11.1 Å². The zero-order valence-corrected chi connectivity index (χ0v) is 13.4. The van der Waals surface area contributed by atoms with E-state index in [2.05, 4.69) is 5.32 Å². The first-order valence-electron chi connectivity index (χ1n) is 7.81. The minimum atomic E-state index is -0.979. The van der Waals surface area contributed by atoms with Crippen LogP contribution in [0.1, 0.15) is 39.9 Å². The number of allylic oxidation sites excluding steroid dienone is 2. The summed E-state index contributed by atoms with van der Waals surface area (Å²) in [6.07, 6.45) is 4.81. The van der Waals surface area contributed by atoms with Crippen LogP contribution in [0.3, 0.4) is 0 Å². The number of hydrogen-bond donors (Lipinski definition) is 2. The summed E-state index contributed by atoms with van der Waals surface area (Å²) in [6, 6.07) is 9.55. The Morgan fingerprint density at radius 3 is 2.79 bits per heavy atom. The predicted molar refractivity (Wildman–Crippen MR) is 91.2 cm³/mol. The van der Waals surface area contributed by atoms with E-state index in [4.69, 9.17) is 11.6 Å². The standard InChI is InChI=1S/C19H15ClFNO2/c20-14-9-8-13(19(23)24)16-10-5-3-6-11(10)17(22-18(14)16)12-4-1-2-7-15(12)21/h1-5,7-11,17,22H,6H2,(H,23,24)/t10-,11+,17+/m1/s1. The van der Waals surface area contributed by atoms with Crippen molar-refractivity contribution in [3.63, 3.8) is 0 Å². The molecule has 2 aromatic carbocycles. The summed E-state index contributed by atoms with van der Waals surface area (Å²) >= 11 is 6.33. The molecule has 2 N–H and O–H groups in total. The summed E-state index contributed by atoms with van der Waals surface area (Å²) in [7, 11) is 0. The molecule has 0 radical (unpaired) electrons. The number of carboxylic acids is 1. The molecule has 0 saturated carbocycles. The summed E-state index contributed by atoms with van der Waals surface area (Å²) in [4.78, 5) is 11.6. The van der Waals surface area contributed by atoms with Crippen LogP contribution in [0.2, 0.25) is 5.02 Å². The number of benzene rings is 2. The van der Waals surface area contributed by atoms with Crippen LogP contribution >= 0.6 is 11.6 Å². The van der Waals surface area contributed by atoms with Crippen LogP contribution in [0.15, 0.2) is 48.6 Å². The lowest BCUT2D eigenvalue weighted by atomic mass is 9.75. The van der Waals surface area contributed by atoms with Gasteiger partial charge in [-0.15, -0.1) is 0 Å². The molecule has 2 aromatic rings. The molecule has 0 spiro atoms. The van der Waals surface area contributed by atoms with E-state index in [-0.39, 0.29) is 29.3 Å². The molecule has 0 fully saturated rings. The van der Waals surface area contributed by atoms with Gasteiger partial charge in [0.25, 0.3) is 0 Å². The molecule has 3 nitrogen and oxygen atoms in total. The fraction of sp³-hybridized carbons (Fsp3) is 0.211. The molecule has 122 valence electrons. The molecule has 4 rings (SSSR count). The molecule has 1 heterocycles. The summed E-state index contributed by atoms with van der Waals surface area (Å²) in [5.74, 6) is -1.27. The Labute approximate surface area is 143 Å². The van der Waals surface area contributed by atoms with Crippen molar-refractivity contribution in [1.29, 1.82) is 0 Å². The smallest absolute Gasteiger partial charge is 0.336 e. The first-order chi connectivity index (χ1) is 11.6. The van der Waals surface area contributed by atoms with Gasteiger partial charge in [0.05, 0.1) is 22.3 Å². The maximum atomic E-state index is 14.3. The van der Waals surface area contributed by atoms with Crippen LogP contribution in [-0.2, 0) is 0 Å². The van der Waals surface area contributed by atoms with Crippen LogP contribution < -0.4 is 5.32 Å². The number of nitrogens with one attached hydrogen (secondary N) is 1. The van der Waals surface area contributed by atoms with Crippen molar-refractivity contribution >= 4 is 23.3 Å². The van der Waals surface area contributed by atoms with Gasteiger partial charge in [-0.1, -0.05) is 42.0 Å². The van der Waals surface area contributed by atoms with Gasteiger partial charge in [-0.2, -0.15) is 0 Å². The van der Waals surface area contributed by atoms with E-state index in [9.17, 15) is 14.3 Å². The molecule has 0 bridgehead atoms. The lowest BCUT2D eigenvalue weighted by Crippen LogP contribution is -2.31. The van der Waals surface area contributed by atoms with Gasteiger partial charge in [-0.3, -0.25) is 0 Å². The van der Waals surface area contributed by atoms with Crippen molar-refractivity contribution in [1.82, 2.24) is 0 Å². The van der Waals surface area contributed by atoms with E-state index >= 15 is 0 Å². The molecule has 0 aromatic heterocycles. The van der Waals surface area contributed by atoms with Crippen molar-refractivity contribution in [2.75, 3.05) is 5.32 Å². The number of rotatable bonds is 2. The highest BCUT2D eigenvalue weighted by Gasteiger charge is 2.41. The highest BCUT2D eigenvalue weighted by Crippen LogP contribution is 2.52. The third kappa shape index (κ3) is 2.21. The van der Waals surface area contributed by atoms with Gasteiger partial charge in [0.15, 0.2) is 0 Å². The van der Waals surface area contributed by atoms with E-state index in [0.717, 1.165) is 6.42 Å². The molecule has 0 amide bonds. The van der Waals surface area contributed by atoms with E-state index in [1.807, 2.05) is 18.2 Å². The van der Waals surface area contributed by atoms with E-state index in [1.54, 1.807) is 18.2 Å². The third-order valence-corrected chi connectivity index (χ3v) is 5.25. The number of fused-ring (bicyclic) bond motifs is 3. The van der Waals surface area contributed by atoms with Crippen LogP contribution in [0.25, 0.3) is 0 Å². The average molecular weight is 344 g/mol. The van der Waals surface area contributed by atoms with Crippen molar-refractivity contribution in [2.24, 2.45) is 5.92 Å². The van der Waals surface area contributed by atoms with Gasteiger partial charge >= 0.3 is 5.97 Å². The van der Waals surface area contributed by atoms with Gasteiger partial charge in [0.1, 0.15) is 5.82 Å². The maximum absolute atomic E-state index is 14.3. The predicted octanol–water partition coefficient (Wildman–Crippen LogP) is 5.00. The maximum Gasteiger partial charge on any atom is 0.336 e. The molecule has 5 heteroatoms. The zero-order valence-electron chi connectivity index (χ0n) is 12.7. The van der Waals surface area contributed by atoms with Crippen molar-refractivity contribution in [3.8, 4) is 0 Å². The van der Waals surface area contributed by atoms with Crippen molar-refractivity contribution in [2.45, 2.75) is 18.4 Å². The average Bonchev–Trinajstić information content (AvgIpc) is 3.05. The molecular formula is C19H15ClFNO2. The van der Waals surface area contributed by atoms with Crippen molar-refractivity contribution in [3.05, 3.63) is 76.1 Å². The highest BCUT2D eigenvalue weighted by atomic mass is 35.5. The molecule has 24 heavy (non-hydrogen) atoms. The lowest BCUT2D eigenvalue weighted by Gasteiger charge is -2.38. The zero-order chi connectivity index (χ0) is 16.8. The van der Waals surface area contributed by atoms with Crippen LogP contribution in [0.5, 0.6) is 0 Å². The second-order valence-electron chi connectivity index (χ2n) is 6.19. The van der Waals surface area contributed by atoms with Gasteiger partial charge < -0.3 is 10.4 Å². The van der Waals surface area contributed by atoms with Gasteiger partial charge in [-0.05, 0) is 36.1 Å². The van der Waals surface area contributed by atoms with E-state index in [0.29, 0.717) is 21.8 Å². The first-order valence-corrected chi connectivity index (χ1v) is 8.19. The fourth-order valence-electron chi connectivity index (χ4n) is 3.90. The largest absolute Gasteiger partial charge is 0.478 e. The molecule has 3 atom stereocenters.